The van der Waals surface area contributed by atoms with E-state index in [0.29, 0.717) is 16.3 Å². The normalized spacial score (nSPS) is 12.6. The van der Waals surface area contributed by atoms with E-state index in [1.807, 2.05) is 0 Å². The number of benzene rings is 3. The molecule has 0 radical (unpaired) electrons. The Morgan fingerprint density at radius 1 is 0.800 bits per heavy atom. The standard InChI is InChI=1S/C23H14ClNO5/c24-16-9-6-14(7-10-16)20(26)13-30-23(29)15-8-11-18-19(12-15)22(28)25(21(18)27)17-4-2-1-3-5-17/h1-12H,13H2. The van der Waals surface area contributed by atoms with Crippen molar-refractivity contribution in [3.05, 3.63) is 100 Å². The van der Waals surface area contributed by atoms with E-state index in [1.54, 1.807) is 42.5 Å². The molecule has 0 saturated heterocycles. The van der Waals surface area contributed by atoms with Crippen LogP contribution in [-0.2, 0) is 4.74 Å². The van der Waals surface area contributed by atoms with Gasteiger partial charge >= 0.3 is 5.97 Å². The van der Waals surface area contributed by atoms with Crippen LogP contribution in [-0.4, -0.2) is 30.2 Å². The summed E-state index contributed by atoms with van der Waals surface area (Å²) in [5.41, 5.74) is 1.20. The Kier molecular flexibility index (Phi) is 5.16. The van der Waals surface area contributed by atoms with Gasteiger partial charge in [0.25, 0.3) is 11.8 Å². The fourth-order valence-electron chi connectivity index (χ4n) is 3.11. The molecule has 1 heterocycles. The minimum Gasteiger partial charge on any atom is -0.454 e. The quantitative estimate of drug-likeness (QED) is 0.352. The lowest BCUT2D eigenvalue weighted by Gasteiger charge is -2.13. The summed E-state index contributed by atoms with van der Waals surface area (Å²) in [4.78, 5) is 50.9. The predicted molar refractivity (Wildman–Crippen MR) is 110 cm³/mol. The van der Waals surface area contributed by atoms with E-state index in [4.69, 9.17) is 16.3 Å². The van der Waals surface area contributed by atoms with Crippen LogP contribution in [0.25, 0.3) is 0 Å². The number of imide groups is 1. The highest BCUT2D eigenvalue weighted by Gasteiger charge is 2.37. The second-order valence-corrected chi connectivity index (χ2v) is 6.98. The molecule has 0 N–H and O–H groups in total. The van der Waals surface area contributed by atoms with E-state index in [9.17, 15) is 19.2 Å². The van der Waals surface area contributed by atoms with Crippen molar-refractivity contribution in [3.63, 3.8) is 0 Å². The minimum atomic E-state index is -0.765. The topological polar surface area (TPSA) is 80.8 Å². The summed E-state index contributed by atoms with van der Waals surface area (Å²) in [6, 6.07) is 18.9. The molecule has 1 aliphatic rings. The zero-order valence-corrected chi connectivity index (χ0v) is 16.3. The zero-order valence-electron chi connectivity index (χ0n) is 15.5. The number of fused-ring (bicyclic) bond motifs is 1. The lowest BCUT2D eigenvalue weighted by Crippen LogP contribution is -2.29. The molecule has 0 aliphatic carbocycles. The van der Waals surface area contributed by atoms with E-state index in [1.165, 1.54) is 30.3 Å². The number of carbonyl (C=O) groups is 4. The second kappa shape index (κ2) is 7.93. The summed E-state index contributed by atoms with van der Waals surface area (Å²) in [5.74, 6) is -2.13. The second-order valence-electron chi connectivity index (χ2n) is 6.55. The van der Waals surface area contributed by atoms with Crippen LogP contribution < -0.4 is 4.90 Å². The number of hydrogen-bond donors (Lipinski definition) is 0. The first kappa shape index (κ1) is 19.5. The van der Waals surface area contributed by atoms with E-state index in [0.717, 1.165) is 4.90 Å². The molecule has 3 aromatic rings. The summed E-state index contributed by atoms with van der Waals surface area (Å²) >= 11 is 5.79. The van der Waals surface area contributed by atoms with Gasteiger partial charge in [0.15, 0.2) is 12.4 Å². The summed E-state index contributed by atoms with van der Waals surface area (Å²) < 4.78 is 5.08. The van der Waals surface area contributed by atoms with Crippen molar-refractivity contribution < 1.29 is 23.9 Å². The third kappa shape index (κ3) is 3.60. The fraction of sp³-hybridized carbons (Fsp3) is 0.0435. The number of ether oxygens (including phenoxy) is 1. The van der Waals surface area contributed by atoms with Gasteiger partial charge in [0.05, 0.1) is 22.4 Å². The van der Waals surface area contributed by atoms with Gasteiger partial charge < -0.3 is 4.74 Å². The first-order valence-electron chi connectivity index (χ1n) is 8.99. The van der Waals surface area contributed by atoms with Crippen LogP contribution in [0.5, 0.6) is 0 Å². The fourth-order valence-corrected chi connectivity index (χ4v) is 3.24. The number of ketones is 1. The number of rotatable bonds is 5. The maximum atomic E-state index is 12.7. The van der Waals surface area contributed by atoms with Crippen LogP contribution in [0.4, 0.5) is 5.69 Å². The van der Waals surface area contributed by atoms with Crippen molar-refractivity contribution in [1.82, 2.24) is 0 Å². The van der Waals surface area contributed by atoms with Crippen LogP contribution in [0, 0.1) is 0 Å². The van der Waals surface area contributed by atoms with Gasteiger partial charge in [-0.25, -0.2) is 9.69 Å². The molecule has 3 aromatic carbocycles. The van der Waals surface area contributed by atoms with Crippen LogP contribution in [0.15, 0.2) is 72.8 Å². The number of anilines is 1. The van der Waals surface area contributed by atoms with Gasteiger partial charge in [-0.15, -0.1) is 0 Å². The highest BCUT2D eigenvalue weighted by atomic mass is 35.5. The van der Waals surface area contributed by atoms with Gasteiger partial charge in [-0.1, -0.05) is 29.8 Å². The van der Waals surface area contributed by atoms with Crippen molar-refractivity contribution in [1.29, 1.82) is 0 Å². The van der Waals surface area contributed by atoms with Gasteiger partial charge in [-0.2, -0.15) is 0 Å². The third-order valence-corrected chi connectivity index (χ3v) is 4.89. The average Bonchev–Trinajstić information content (AvgIpc) is 3.02. The van der Waals surface area contributed by atoms with Gasteiger partial charge in [0.2, 0.25) is 0 Å². The third-order valence-electron chi connectivity index (χ3n) is 4.64. The minimum absolute atomic E-state index is 0.0775. The number of para-hydroxylation sites is 1. The summed E-state index contributed by atoms with van der Waals surface area (Å²) in [6.07, 6.45) is 0. The van der Waals surface area contributed by atoms with Crippen molar-refractivity contribution in [2.45, 2.75) is 0 Å². The Bertz CT molecular complexity index is 1170. The van der Waals surface area contributed by atoms with E-state index in [2.05, 4.69) is 0 Å². The van der Waals surface area contributed by atoms with Crippen molar-refractivity contribution >= 4 is 40.9 Å². The molecule has 0 spiro atoms. The predicted octanol–water partition coefficient (Wildman–Crippen LogP) is 4.18. The Morgan fingerprint density at radius 2 is 1.43 bits per heavy atom. The highest BCUT2D eigenvalue weighted by Crippen LogP contribution is 2.29. The van der Waals surface area contributed by atoms with Gasteiger partial charge in [0, 0.05) is 10.6 Å². The molecule has 7 heteroatoms. The number of halogens is 1. The Balaban J connectivity index is 1.50. The molecule has 30 heavy (non-hydrogen) atoms. The number of hydrogen-bond acceptors (Lipinski definition) is 5. The highest BCUT2D eigenvalue weighted by molar-refractivity contribution is 6.34. The zero-order chi connectivity index (χ0) is 21.3. The maximum Gasteiger partial charge on any atom is 0.338 e. The monoisotopic (exact) mass is 419 g/mol. The summed E-state index contributed by atoms with van der Waals surface area (Å²) in [6.45, 7) is -0.458. The van der Waals surface area contributed by atoms with Crippen molar-refractivity contribution in [2.75, 3.05) is 11.5 Å². The van der Waals surface area contributed by atoms with E-state index in [-0.39, 0.29) is 22.5 Å². The number of nitrogens with zero attached hydrogens (tertiary/aromatic N) is 1. The molecule has 0 atom stereocenters. The number of Topliss-reactive ketones (excluding diaryl/α,β-unsaturated/α-hetero) is 1. The molecule has 0 saturated carbocycles. The van der Waals surface area contributed by atoms with Crippen molar-refractivity contribution in [3.8, 4) is 0 Å². The Hall–Kier alpha value is -3.77. The Labute approximate surface area is 176 Å². The molecule has 4 rings (SSSR count). The largest absolute Gasteiger partial charge is 0.454 e. The number of esters is 1. The first-order valence-corrected chi connectivity index (χ1v) is 9.37. The molecular formula is C23H14ClNO5. The molecular weight excluding hydrogens is 406 g/mol. The first-order chi connectivity index (χ1) is 14.5. The number of amides is 2. The molecule has 0 aromatic heterocycles. The molecule has 0 unspecified atom stereocenters. The smallest absolute Gasteiger partial charge is 0.338 e. The molecule has 0 bridgehead atoms. The average molecular weight is 420 g/mol. The number of carbonyl (C=O) groups excluding carboxylic acids is 4. The summed E-state index contributed by atoms with van der Waals surface area (Å²) in [7, 11) is 0. The SMILES string of the molecule is O=C(COC(=O)c1ccc2c(c1)C(=O)N(c1ccccc1)C2=O)c1ccc(Cl)cc1. The van der Waals surface area contributed by atoms with Crippen LogP contribution in [0.3, 0.4) is 0 Å². The molecule has 148 valence electrons. The Morgan fingerprint density at radius 3 is 2.13 bits per heavy atom. The maximum absolute atomic E-state index is 12.7. The lowest BCUT2D eigenvalue weighted by molar-refractivity contribution is 0.0474. The lowest BCUT2D eigenvalue weighted by atomic mass is 10.1. The van der Waals surface area contributed by atoms with Crippen LogP contribution in [0.2, 0.25) is 5.02 Å². The van der Waals surface area contributed by atoms with Crippen molar-refractivity contribution in [2.24, 2.45) is 0 Å². The van der Waals surface area contributed by atoms with Gasteiger partial charge in [-0.05, 0) is 54.6 Å². The molecule has 1 aliphatic heterocycles. The van der Waals surface area contributed by atoms with Gasteiger partial charge in [-0.3, -0.25) is 14.4 Å². The van der Waals surface area contributed by atoms with E-state index >= 15 is 0 Å². The molecule has 2 amide bonds. The molecule has 6 nitrogen and oxygen atoms in total. The van der Waals surface area contributed by atoms with Gasteiger partial charge in [0.1, 0.15) is 0 Å². The van der Waals surface area contributed by atoms with Crippen LogP contribution >= 0.6 is 11.6 Å². The summed E-state index contributed by atoms with van der Waals surface area (Å²) in [5, 5.41) is 0.491. The van der Waals surface area contributed by atoms with E-state index < -0.39 is 24.4 Å². The molecule has 0 fully saturated rings. The van der Waals surface area contributed by atoms with Crippen LogP contribution in [0.1, 0.15) is 41.4 Å².